The zero-order chi connectivity index (χ0) is 27.7. The first kappa shape index (κ1) is 25.5. The van der Waals surface area contributed by atoms with Crippen LogP contribution in [-0.4, -0.2) is 51.3 Å². The predicted molar refractivity (Wildman–Crippen MR) is 138 cm³/mol. The highest BCUT2D eigenvalue weighted by Gasteiger charge is 2.29. The number of hydrogen-bond acceptors (Lipinski definition) is 10. The minimum atomic E-state index is -1.26. The van der Waals surface area contributed by atoms with Gasteiger partial charge in [0.25, 0.3) is 0 Å². The second-order valence-corrected chi connectivity index (χ2v) is 9.22. The molecule has 0 bridgehead atoms. The molecule has 2 amide bonds. The Morgan fingerprint density at radius 2 is 1.95 bits per heavy atom. The van der Waals surface area contributed by atoms with Gasteiger partial charge in [-0.2, -0.15) is 0 Å². The molecule has 2 aromatic carbocycles. The number of methoxy groups -OCH3 is 1. The molecule has 0 radical (unpaired) electrons. The van der Waals surface area contributed by atoms with Gasteiger partial charge in [0.1, 0.15) is 11.7 Å². The summed E-state index contributed by atoms with van der Waals surface area (Å²) in [4.78, 5) is 56.5. The van der Waals surface area contributed by atoms with E-state index in [1.807, 2.05) is 0 Å². The molecule has 0 aliphatic carbocycles. The third-order valence-corrected chi connectivity index (χ3v) is 6.73. The van der Waals surface area contributed by atoms with Crippen LogP contribution in [0.1, 0.15) is 32.5 Å². The van der Waals surface area contributed by atoms with Crippen LogP contribution in [0, 0.1) is 0 Å². The monoisotopic (exact) mass is 551 g/mol. The first-order chi connectivity index (χ1) is 18.7. The van der Waals surface area contributed by atoms with Crippen molar-refractivity contribution < 1.29 is 33.7 Å². The number of aromatic hydroxyl groups is 1. The molecule has 0 unspecified atom stereocenters. The number of H-pyrrole nitrogens is 1. The molecule has 0 saturated carbocycles. The van der Waals surface area contributed by atoms with Gasteiger partial charge in [0, 0.05) is 22.9 Å². The number of imidazole rings is 1. The van der Waals surface area contributed by atoms with Gasteiger partial charge in [0.15, 0.2) is 22.3 Å². The summed E-state index contributed by atoms with van der Waals surface area (Å²) in [7, 11) is 1.21. The smallest absolute Gasteiger partial charge is 0.357 e. The standard InChI is InChI=1S/C25H21N5O8S/c1-36-23(34)15-10-39-24(27-15)29-21(32)16(8-12-2-4-13(5-3-12)20(26)31)30-22(33)19(28-25(30)35)14-6-7-17-18(9-14)38-11-37-17/h2-7,9-10,16,33H,8,11H2,1H3,(H2,26,31)(H,28,35)(H,27,29,32)/t16-/m0/s1. The number of esters is 1. The predicted octanol–water partition coefficient (Wildman–Crippen LogP) is 2.04. The lowest BCUT2D eigenvalue weighted by atomic mass is 10.0. The van der Waals surface area contributed by atoms with Crippen LogP contribution in [0.2, 0.25) is 0 Å². The summed E-state index contributed by atoms with van der Waals surface area (Å²) in [6, 6.07) is 9.77. The summed E-state index contributed by atoms with van der Waals surface area (Å²) in [6.45, 7) is 0.0491. The van der Waals surface area contributed by atoms with Gasteiger partial charge in [-0.1, -0.05) is 12.1 Å². The molecule has 5 N–H and O–H groups in total. The highest BCUT2D eigenvalue weighted by molar-refractivity contribution is 7.14. The van der Waals surface area contributed by atoms with Crippen LogP contribution in [-0.2, 0) is 16.0 Å². The highest BCUT2D eigenvalue weighted by Crippen LogP contribution is 2.38. The molecule has 3 heterocycles. The lowest BCUT2D eigenvalue weighted by Gasteiger charge is -2.18. The van der Waals surface area contributed by atoms with E-state index in [-0.39, 0.29) is 35.3 Å². The Labute approximate surface area is 223 Å². The zero-order valence-electron chi connectivity index (χ0n) is 20.3. The molecule has 1 atom stereocenters. The summed E-state index contributed by atoms with van der Waals surface area (Å²) >= 11 is 0.989. The molecule has 14 heteroatoms. The number of amides is 2. The molecule has 200 valence electrons. The topological polar surface area (TPSA) is 188 Å². The Hall–Kier alpha value is -5.11. The number of primary amides is 1. The number of rotatable bonds is 8. The Bertz CT molecular complexity index is 1640. The summed E-state index contributed by atoms with van der Waals surface area (Å²) in [6.07, 6.45) is -0.0496. The number of benzene rings is 2. The lowest BCUT2D eigenvalue weighted by molar-refractivity contribution is -0.119. The molecule has 5 rings (SSSR count). The number of hydrogen-bond donors (Lipinski definition) is 4. The summed E-state index contributed by atoms with van der Waals surface area (Å²) < 4.78 is 16.3. The van der Waals surface area contributed by atoms with Crippen molar-refractivity contribution in [1.82, 2.24) is 14.5 Å². The van der Waals surface area contributed by atoms with E-state index < -0.39 is 35.4 Å². The fraction of sp³-hybridized carbons (Fsp3) is 0.160. The summed E-state index contributed by atoms with van der Waals surface area (Å²) in [5.74, 6) is -1.50. The third-order valence-electron chi connectivity index (χ3n) is 5.97. The minimum absolute atomic E-state index is 0.00291. The Morgan fingerprint density at radius 3 is 2.67 bits per heavy atom. The fourth-order valence-corrected chi connectivity index (χ4v) is 4.71. The van der Waals surface area contributed by atoms with Gasteiger partial charge in [0.2, 0.25) is 24.5 Å². The number of carbonyl (C=O) groups is 3. The lowest BCUT2D eigenvalue weighted by Crippen LogP contribution is -2.33. The number of thiazole rings is 1. The Balaban J connectivity index is 1.51. The average Bonchev–Trinajstić information content (AvgIpc) is 3.66. The molecule has 1 aliphatic heterocycles. The Kier molecular flexibility index (Phi) is 6.77. The minimum Gasteiger partial charge on any atom is -0.493 e. The number of nitrogens with zero attached hydrogens (tertiary/aromatic N) is 2. The summed E-state index contributed by atoms with van der Waals surface area (Å²) in [5, 5.41) is 15.2. The van der Waals surface area contributed by atoms with Gasteiger partial charge in [-0.15, -0.1) is 11.3 Å². The van der Waals surface area contributed by atoms with Crippen LogP contribution in [0.3, 0.4) is 0 Å². The van der Waals surface area contributed by atoms with Gasteiger partial charge in [-0.3, -0.25) is 9.59 Å². The maximum Gasteiger partial charge on any atom is 0.357 e. The van der Waals surface area contributed by atoms with Crippen molar-refractivity contribution in [1.29, 1.82) is 0 Å². The zero-order valence-corrected chi connectivity index (χ0v) is 21.1. The van der Waals surface area contributed by atoms with Gasteiger partial charge in [-0.25, -0.2) is 19.1 Å². The maximum atomic E-state index is 13.5. The van der Waals surface area contributed by atoms with Crippen LogP contribution in [0.25, 0.3) is 11.3 Å². The van der Waals surface area contributed by atoms with E-state index in [0.717, 1.165) is 15.9 Å². The number of carbonyl (C=O) groups excluding carboxylic acids is 3. The van der Waals surface area contributed by atoms with Crippen molar-refractivity contribution in [3.8, 4) is 28.6 Å². The Morgan fingerprint density at radius 1 is 1.21 bits per heavy atom. The van der Waals surface area contributed by atoms with Crippen molar-refractivity contribution in [2.45, 2.75) is 12.5 Å². The van der Waals surface area contributed by atoms with Crippen LogP contribution in [0.4, 0.5) is 5.13 Å². The number of fused-ring (bicyclic) bond motifs is 1. The van der Waals surface area contributed by atoms with Gasteiger partial charge in [0.05, 0.1) is 7.11 Å². The number of anilines is 1. The molecule has 2 aromatic heterocycles. The largest absolute Gasteiger partial charge is 0.493 e. The fourth-order valence-electron chi connectivity index (χ4n) is 4.03. The van der Waals surface area contributed by atoms with Crippen LogP contribution in [0.5, 0.6) is 17.4 Å². The molecule has 0 saturated heterocycles. The van der Waals surface area contributed by atoms with Crippen molar-refractivity contribution in [2.24, 2.45) is 5.73 Å². The van der Waals surface area contributed by atoms with Gasteiger partial charge < -0.3 is 35.4 Å². The number of aromatic amines is 1. The second kappa shape index (κ2) is 10.3. The highest BCUT2D eigenvalue weighted by atomic mass is 32.1. The van der Waals surface area contributed by atoms with E-state index in [2.05, 4.69) is 20.0 Å². The number of aromatic nitrogens is 3. The average molecular weight is 552 g/mol. The molecule has 39 heavy (non-hydrogen) atoms. The molecule has 0 spiro atoms. The number of nitrogens with one attached hydrogen (secondary N) is 2. The number of ether oxygens (including phenoxy) is 3. The second-order valence-electron chi connectivity index (χ2n) is 8.37. The molecule has 13 nitrogen and oxygen atoms in total. The molecule has 0 fully saturated rings. The van der Waals surface area contributed by atoms with Crippen LogP contribution >= 0.6 is 11.3 Å². The van der Waals surface area contributed by atoms with Crippen molar-refractivity contribution >= 4 is 34.3 Å². The molecular weight excluding hydrogens is 530 g/mol. The van der Waals surface area contributed by atoms with E-state index in [1.165, 1.54) is 24.6 Å². The quantitative estimate of drug-likeness (QED) is 0.238. The van der Waals surface area contributed by atoms with E-state index in [0.29, 0.717) is 22.6 Å². The molecule has 4 aromatic rings. The normalized spacial score (nSPS) is 12.6. The van der Waals surface area contributed by atoms with Crippen molar-refractivity contribution in [2.75, 3.05) is 19.2 Å². The maximum absolute atomic E-state index is 13.5. The number of nitrogens with two attached hydrogens (primary N) is 1. The van der Waals surface area contributed by atoms with Gasteiger partial charge >= 0.3 is 11.7 Å². The van der Waals surface area contributed by atoms with E-state index in [1.54, 1.807) is 30.3 Å². The van der Waals surface area contributed by atoms with Crippen LogP contribution < -0.4 is 26.2 Å². The van der Waals surface area contributed by atoms with E-state index in [9.17, 15) is 24.3 Å². The van der Waals surface area contributed by atoms with E-state index >= 15 is 0 Å². The van der Waals surface area contributed by atoms with Gasteiger partial charge in [-0.05, 0) is 35.9 Å². The molecular formula is C25H21N5O8S. The third kappa shape index (κ3) is 5.04. The SMILES string of the molecule is COC(=O)c1csc(NC(=O)[C@H](Cc2ccc(C(N)=O)cc2)n2c(O)c(-c3ccc4c(c3)OCO4)[nH]c2=O)n1. The van der Waals surface area contributed by atoms with E-state index in [4.69, 9.17) is 15.2 Å². The summed E-state index contributed by atoms with van der Waals surface area (Å²) in [5.41, 5.74) is 5.92. The van der Waals surface area contributed by atoms with Crippen LogP contribution in [0.15, 0.2) is 52.6 Å². The molecule has 1 aliphatic rings. The van der Waals surface area contributed by atoms with Crippen molar-refractivity contribution in [3.05, 3.63) is 75.1 Å². The van der Waals surface area contributed by atoms with Crippen molar-refractivity contribution in [3.63, 3.8) is 0 Å². The first-order valence-corrected chi connectivity index (χ1v) is 12.3. The first-order valence-electron chi connectivity index (χ1n) is 11.4.